The largest absolute Gasteiger partial charge is 0.309 e. The molecule has 0 atom stereocenters. The maximum Gasteiger partial charge on any atom is 0.0541 e. The van der Waals surface area contributed by atoms with E-state index in [1.54, 1.807) is 0 Å². The van der Waals surface area contributed by atoms with Crippen molar-refractivity contribution in [2.45, 2.75) is 0 Å². The van der Waals surface area contributed by atoms with Crippen LogP contribution in [0.3, 0.4) is 0 Å². The van der Waals surface area contributed by atoms with Crippen molar-refractivity contribution in [1.29, 1.82) is 0 Å². The minimum Gasteiger partial charge on any atom is -0.309 e. The minimum atomic E-state index is 1.05. The van der Waals surface area contributed by atoms with Gasteiger partial charge in [0.1, 0.15) is 0 Å². The second-order valence-electron chi connectivity index (χ2n) is 20.0. The number of para-hydroxylation sites is 4. The molecule has 0 bridgehead atoms. The molecule has 0 spiro atoms. The Morgan fingerprint density at radius 2 is 0.595 bits per heavy atom. The first-order valence-corrected chi connectivity index (χ1v) is 27.8. The van der Waals surface area contributed by atoms with Crippen LogP contribution in [0.2, 0.25) is 0 Å². The molecule has 1 aromatic heterocycles. The van der Waals surface area contributed by atoms with E-state index in [0.29, 0.717) is 0 Å². The summed E-state index contributed by atoms with van der Waals surface area (Å²) in [4.78, 5) is 4.94. The van der Waals surface area contributed by atoms with Crippen LogP contribution in [0, 0.1) is 0 Å². The van der Waals surface area contributed by atoms with Gasteiger partial charge in [-0.25, -0.2) is 0 Å². The average Bonchev–Trinajstić information content (AvgIpc) is 3.93. The quantitative estimate of drug-likeness (QED) is 0.120. The Hall–Kier alpha value is -10.1. The maximum absolute atomic E-state index is 2.47. The first-order chi connectivity index (χ1) is 39.2. The lowest BCUT2D eigenvalue weighted by Gasteiger charge is -2.33. The number of hydrogen-bond acceptors (Lipinski definition) is 3. The van der Waals surface area contributed by atoms with Gasteiger partial charge in [0.2, 0.25) is 0 Å². The first-order valence-electron chi connectivity index (χ1n) is 27.0. The Kier molecular flexibility index (Phi) is 12.5. The van der Waals surface area contributed by atoms with Crippen LogP contribution < -0.4 is 9.80 Å². The van der Waals surface area contributed by atoms with Gasteiger partial charge in [-0.2, -0.15) is 0 Å². The fourth-order valence-corrected chi connectivity index (χ4v) is 12.9. The van der Waals surface area contributed by atoms with E-state index < -0.39 is 0 Å². The molecule has 0 aliphatic heterocycles. The third kappa shape index (κ3) is 8.92. The number of fused-ring (bicyclic) bond motifs is 4. The van der Waals surface area contributed by atoms with E-state index in [4.69, 9.17) is 0 Å². The highest BCUT2D eigenvalue weighted by molar-refractivity contribution is 7.26. The lowest BCUT2D eigenvalue weighted by molar-refractivity contribution is 1.27. The highest BCUT2D eigenvalue weighted by atomic mass is 32.1. The summed E-state index contributed by atoms with van der Waals surface area (Å²) in [6.07, 6.45) is 0. The summed E-state index contributed by atoms with van der Waals surface area (Å²) < 4.78 is 2.61. The van der Waals surface area contributed by atoms with Crippen molar-refractivity contribution in [3.05, 3.63) is 315 Å². The topological polar surface area (TPSA) is 6.48 Å². The molecule has 0 saturated carbocycles. The molecule has 0 aliphatic rings. The zero-order valence-corrected chi connectivity index (χ0v) is 44.1. The number of nitrogens with zero attached hydrogens (tertiary/aromatic N) is 2. The SMILES string of the molecule is c1ccc(-c2ccccc2-c2cccc(N(c3ccccc3-c3ccccc3)c3ccccc3-c3ccccc3N(c3ccc(-c4cccc5c4sc4cc6ccccc6cc45)cc3)c3ccccc3-c3ccccc3)c2)cc1. The molecule has 1 heterocycles. The van der Waals surface area contributed by atoms with E-state index in [1.165, 1.54) is 58.8 Å². The molecule has 0 saturated heterocycles. The van der Waals surface area contributed by atoms with E-state index >= 15 is 0 Å². The third-order valence-corrected chi connectivity index (χ3v) is 16.5. The van der Waals surface area contributed by atoms with Gasteiger partial charge in [-0.1, -0.05) is 255 Å². The Labute approximate surface area is 465 Å². The van der Waals surface area contributed by atoms with E-state index in [0.717, 1.165) is 73.1 Å². The van der Waals surface area contributed by atoms with Gasteiger partial charge in [-0.15, -0.1) is 11.3 Å². The molecule has 0 aliphatic carbocycles. The van der Waals surface area contributed by atoms with Crippen molar-refractivity contribution in [2.24, 2.45) is 0 Å². The molecule has 2 nitrogen and oxygen atoms in total. The molecule has 79 heavy (non-hydrogen) atoms. The molecule has 14 rings (SSSR count). The van der Waals surface area contributed by atoms with Crippen LogP contribution in [0.4, 0.5) is 34.1 Å². The van der Waals surface area contributed by atoms with Crippen molar-refractivity contribution in [2.75, 3.05) is 9.80 Å². The van der Waals surface area contributed by atoms with Crippen LogP contribution in [0.15, 0.2) is 315 Å². The first kappa shape index (κ1) is 47.4. The Bertz CT molecular complexity index is 4490. The van der Waals surface area contributed by atoms with Crippen LogP contribution in [0.1, 0.15) is 0 Å². The Morgan fingerprint density at radius 1 is 0.215 bits per heavy atom. The van der Waals surface area contributed by atoms with Gasteiger partial charge in [0.15, 0.2) is 0 Å². The highest BCUT2D eigenvalue weighted by Gasteiger charge is 2.26. The fourth-order valence-electron chi connectivity index (χ4n) is 11.6. The molecule has 0 radical (unpaired) electrons. The summed E-state index contributed by atoms with van der Waals surface area (Å²) in [5.74, 6) is 0. The Morgan fingerprint density at radius 3 is 1.15 bits per heavy atom. The molecular formula is C76H52N2S. The predicted molar refractivity (Wildman–Crippen MR) is 339 cm³/mol. The lowest BCUT2D eigenvalue weighted by atomic mass is 9.93. The summed E-state index contributed by atoms with van der Waals surface area (Å²) in [5.41, 5.74) is 20.3. The van der Waals surface area contributed by atoms with E-state index in [9.17, 15) is 0 Å². The molecule has 3 heteroatoms. The molecule has 0 amide bonds. The lowest BCUT2D eigenvalue weighted by Crippen LogP contribution is -2.15. The van der Waals surface area contributed by atoms with Crippen molar-refractivity contribution in [3.63, 3.8) is 0 Å². The number of benzene rings is 13. The fraction of sp³-hybridized carbons (Fsp3) is 0. The van der Waals surface area contributed by atoms with Gasteiger partial charge in [0, 0.05) is 53.8 Å². The van der Waals surface area contributed by atoms with Crippen molar-refractivity contribution in [3.8, 4) is 66.8 Å². The normalized spacial score (nSPS) is 11.3. The molecule has 0 unspecified atom stereocenters. The maximum atomic E-state index is 2.47. The summed E-state index contributed by atoms with van der Waals surface area (Å²) in [6, 6.07) is 115. The van der Waals surface area contributed by atoms with E-state index in [2.05, 4.69) is 325 Å². The Balaban J connectivity index is 0.954. The number of thiophene rings is 1. The molecule has 14 aromatic rings. The van der Waals surface area contributed by atoms with Crippen molar-refractivity contribution in [1.82, 2.24) is 0 Å². The standard InChI is InChI=1S/C76H52N2S/c1-4-24-53(25-5-1)62-34-12-13-35-63(62)59-32-22-33-61(50-59)78(72-43-19-15-37-65(72)55-28-8-3-9-29-55)74-45-21-17-39-68(74)67-38-16-20-44-73(67)77(71-42-18-14-36-64(71)54-26-6-2-7-27-54)60-48-46-56(47-49-60)66-40-23-41-69-70-51-57-30-10-11-31-58(57)52-75(70)79-76(66)69/h1-52H. The zero-order valence-electron chi connectivity index (χ0n) is 43.3. The van der Waals surface area contributed by atoms with E-state index in [-0.39, 0.29) is 0 Å². The van der Waals surface area contributed by atoms with Gasteiger partial charge < -0.3 is 9.80 Å². The van der Waals surface area contributed by atoms with Gasteiger partial charge in [-0.3, -0.25) is 0 Å². The van der Waals surface area contributed by atoms with Crippen LogP contribution in [0.25, 0.3) is 97.7 Å². The summed E-state index contributed by atoms with van der Waals surface area (Å²) in [6.45, 7) is 0. The average molecular weight is 1030 g/mol. The summed E-state index contributed by atoms with van der Waals surface area (Å²) in [7, 11) is 0. The predicted octanol–water partition coefficient (Wildman–Crippen LogP) is 22.1. The van der Waals surface area contributed by atoms with Crippen LogP contribution in [-0.2, 0) is 0 Å². The van der Waals surface area contributed by atoms with Gasteiger partial charge in [0.25, 0.3) is 0 Å². The van der Waals surface area contributed by atoms with Crippen LogP contribution in [0.5, 0.6) is 0 Å². The van der Waals surface area contributed by atoms with Gasteiger partial charge >= 0.3 is 0 Å². The number of hydrogen-bond donors (Lipinski definition) is 0. The monoisotopic (exact) mass is 1020 g/mol. The summed E-state index contributed by atoms with van der Waals surface area (Å²) >= 11 is 1.89. The molecule has 0 N–H and O–H groups in total. The second-order valence-corrected chi connectivity index (χ2v) is 21.0. The summed E-state index contributed by atoms with van der Waals surface area (Å²) in [5, 5.41) is 5.14. The van der Waals surface area contributed by atoms with Gasteiger partial charge in [-0.05, 0) is 116 Å². The van der Waals surface area contributed by atoms with Crippen molar-refractivity contribution < 1.29 is 0 Å². The van der Waals surface area contributed by atoms with Gasteiger partial charge in [0.05, 0.1) is 22.7 Å². The van der Waals surface area contributed by atoms with Crippen molar-refractivity contribution >= 4 is 76.4 Å². The van der Waals surface area contributed by atoms with Crippen LogP contribution >= 0.6 is 11.3 Å². The van der Waals surface area contributed by atoms with E-state index in [1.807, 2.05) is 11.3 Å². The molecular weight excluding hydrogens is 973 g/mol. The zero-order chi connectivity index (χ0) is 52.5. The second kappa shape index (κ2) is 20.8. The minimum absolute atomic E-state index is 1.05. The number of anilines is 6. The van der Waals surface area contributed by atoms with Crippen LogP contribution in [-0.4, -0.2) is 0 Å². The third-order valence-electron chi connectivity index (χ3n) is 15.3. The highest BCUT2D eigenvalue weighted by Crippen LogP contribution is 2.51. The smallest absolute Gasteiger partial charge is 0.0541 e. The molecule has 0 fully saturated rings. The molecule has 372 valence electrons. The molecule has 13 aromatic carbocycles. The number of rotatable bonds is 12.